The zero-order valence-corrected chi connectivity index (χ0v) is 11.9. The topological polar surface area (TPSA) is 9.23 Å². The Morgan fingerprint density at radius 1 is 0.895 bits per heavy atom. The number of ether oxygens (including phenoxy) is 1. The van der Waals surface area contributed by atoms with Crippen LogP contribution in [0, 0.1) is 33.5 Å². The fraction of sp³-hybridized carbons (Fsp3) is 0.294. The standard InChI is InChI=1S/C17H19FO/c1-11-7-12(2)16(13(3)8-11)10-19-17-6-5-15(18)9-14(17)4/h5-9H,10H2,1-4H3. The minimum absolute atomic E-state index is 0.229. The van der Waals surface area contributed by atoms with Crippen molar-refractivity contribution in [2.45, 2.75) is 34.3 Å². The number of rotatable bonds is 3. The van der Waals surface area contributed by atoms with E-state index < -0.39 is 0 Å². The van der Waals surface area contributed by atoms with Gasteiger partial charge >= 0.3 is 0 Å². The van der Waals surface area contributed by atoms with Crippen LogP contribution in [0.3, 0.4) is 0 Å². The summed E-state index contributed by atoms with van der Waals surface area (Å²) in [6.45, 7) is 8.65. The van der Waals surface area contributed by atoms with Crippen LogP contribution in [0.15, 0.2) is 30.3 Å². The molecule has 0 aromatic heterocycles. The molecule has 0 aliphatic carbocycles. The first-order chi connectivity index (χ1) is 8.97. The first kappa shape index (κ1) is 13.6. The Morgan fingerprint density at radius 2 is 1.53 bits per heavy atom. The molecule has 0 amide bonds. The molecule has 0 bridgehead atoms. The molecule has 0 atom stereocenters. The molecule has 1 nitrogen and oxygen atoms in total. The van der Waals surface area contributed by atoms with Gasteiger partial charge in [0.05, 0.1) is 0 Å². The Bertz CT molecular complexity index is 579. The molecule has 0 fully saturated rings. The van der Waals surface area contributed by atoms with Crippen LogP contribution < -0.4 is 4.74 Å². The van der Waals surface area contributed by atoms with Crippen molar-refractivity contribution in [1.82, 2.24) is 0 Å². The Labute approximate surface area is 114 Å². The van der Waals surface area contributed by atoms with Crippen LogP contribution in [0.5, 0.6) is 5.75 Å². The molecule has 2 rings (SSSR count). The Hall–Kier alpha value is -1.83. The molecule has 19 heavy (non-hydrogen) atoms. The summed E-state index contributed by atoms with van der Waals surface area (Å²) < 4.78 is 18.8. The lowest BCUT2D eigenvalue weighted by Gasteiger charge is -2.14. The van der Waals surface area contributed by atoms with Gasteiger partial charge in [-0.15, -0.1) is 0 Å². The second-order valence-corrected chi connectivity index (χ2v) is 5.08. The van der Waals surface area contributed by atoms with Crippen molar-refractivity contribution in [2.24, 2.45) is 0 Å². The molecule has 0 aliphatic heterocycles. The number of halogens is 1. The van der Waals surface area contributed by atoms with Crippen LogP contribution in [-0.4, -0.2) is 0 Å². The highest BCUT2D eigenvalue weighted by Crippen LogP contribution is 2.22. The lowest BCUT2D eigenvalue weighted by atomic mass is 10.0. The molecule has 2 aromatic rings. The molecule has 0 radical (unpaired) electrons. The summed E-state index contributed by atoms with van der Waals surface area (Å²) >= 11 is 0. The second-order valence-electron chi connectivity index (χ2n) is 5.08. The maximum absolute atomic E-state index is 13.0. The molecule has 0 N–H and O–H groups in total. The normalized spacial score (nSPS) is 10.6. The third-order valence-electron chi connectivity index (χ3n) is 3.35. The van der Waals surface area contributed by atoms with Gasteiger partial charge in [0, 0.05) is 0 Å². The summed E-state index contributed by atoms with van der Waals surface area (Å²) in [5.41, 5.74) is 5.75. The van der Waals surface area contributed by atoms with Gasteiger partial charge in [-0.1, -0.05) is 17.7 Å². The van der Waals surface area contributed by atoms with Gasteiger partial charge in [0.2, 0.25) is 0 Å². The van der Waals surface area contributed by atoms with E-state index in [-0.39, 0.29) is 5.82 Å². The lowest BCUT2D eigenvalue weighted by molar-refractivity contribution is 0.302. The van der Waals surface area contributed by atoms with Crippen LogP contribution in [0.1, 0.15) is 27.8 Å². The minimum Gasteiger partial charge on any atom is -0.489 e. The van der Waals surface area contributed by atoms with Gasteiger partial charge in [0.25, 0.3) is 0 Å². The summed E-state index contributed by atoms with van der Waals surface area (Å²) in [6.07, 6.45) is 0. The maximum Gasteiger partial charge on any atom is 0.123 e. The fourth-order valence-electron chi connectivity index (χ4n) is 2.36. The van der Waals surface area contributed by atoms with E-state index in [1.165, 1.54) is 34.4 Å². The van der Waals surface area contributed by atoms with Crippen LogP contribution in [-0.2, 0) is 6.61 Å². The van der Waals surface area contributed by atoms with Gasteiger partial charge in [-0.05, 0) is 68.1 Å². The van der Waals surface area contributed by atoms with Crippen molar-refractivity contribution >= 4 is 0 Å². The van der Waals surface area contributed by atoms with E-state index >= 15 is 0 Å². The summed E-state index contributed by atoms with van der Waals surface area (Å²) in [4.78, 5) is 0. The Balaban J connectivity index is 2.19. The van der Waals surface area contributed by atoms with Gasteiger partial charge in [-0.3, -0.25) is 0 Å². The third kappa shape index (κ3) is 3.14. The highest BCUT2D eigenvalue weighted by atomic mass is 19.1. The molecule has 0 heterocycles. The summed E-state index contributed by atoms with van der Waals surface area (Å²) in [6, 6.07) is 8.91. The van der Waals surface area contributed by atoms with E-state index in [1.807, 2.05) is 6.92 Å². The molecule has 0 spiro atoms. The molecule has 100 valence electrons. The lowest BCUT2D eigenvalue weighted by Crippen LogP contribution is -2.02. The molecule has 0 aliphatic rings. The van der Waals surface area contributed by atoms with E-state index in [9.17, 15) is 4.39 Å². The highest BCUT2D eigenvalue weighted by Gasteiger charge is 2.06. The number of hydrogen-bond acceptors (Lipinski definition) is 1. The van der Waals surface area contributed by atoms with E-state index in [1.54, 1.807) is 6.07 Å². The average molecular weight is 258 g/mol. The third-order valence-corrected chi connectivity index (χ3v) is 3.35. The predicted molar refractivity (Wildman–Crippen MR) is 76.1 cm³/mol. The maximum atomic E-state index is 13.0. The number of benzene rings is 2. The monoisotopic (exact) mass is 258 g/mol. The predicted octanol–water partition coefficient (Wildman–Crippen LogP) is 4.64. The number of hydrogen-bond donors (Lipinski definition) is 0. The average Bonchev–Trinajstić information content (AvgIpc) is 2.30. The van der Waals surface area contributed by atoms with E-state index in [0.717, 1.165) is 11.3 Å². The van der Waals surface area contributed by atoms with E-state index in [4.69, 9.17) is 4.74 Å². The van der Waals surface area contributed by atoms with Crippen molar-refractivity contribution in [2.75, 3.05) is 0 Å². The molecular formula is C17H19FO. The summed E-state index contributed by atoms with van der Waals surface area (Å²) in [5.74, 6) is 0.508. The molecular weight excluding hydrogens is 239 g/mol. The van der Waals surface area contributed by atoms with Crippen LogP contribution in [0.25, 0.3) is 0 Å². The largest absolute Gasteiger partial charge is 0.489 e. The van der Waals surface area contributed by atoms with Crippen LogP contribution in [0.2, 0.25) is 0 Å². The minimum atomic E-state index is -0.229. The first-order valence-electron chi connectivity index (χ1n) is 6.43. The molecule has 2 aromatic carbocycles. The van der Waals surface area contributed by atoms with Gasteiger partial charge in [-0.25, -0.2) is 4.39 Å². The van der Waals surface area contributed by atoms with Crippen molar-refractivity contribution in [3.63, 3.8) is 0 Å². The van der Waals surface area contributed by atoms with Crippen LogP contribution >= 0.6 is 0 Å². The van der Waals surface area contributed by atoms with E-state index in [2.05, 4.69) is 32.9 Å². The fourth-order valence-corrected chi connectivity index (χ4v) is 2.36. The van der Waals surface area contributed by atoms with Gasteiger partial charge in [0.1, 0.15) is 18.2 Å². The van der Waals surface area contributed by atoms with Crippen molar-refractivity contribution in [3.8, 4) is 5.75 Å². The molecule has 0 unspecified atom stereocenters. The zero-order valence-electron chi connectivity index (χ0n) is 11.9. The smallest absolute Gasteiger partial charge is 0.123 e. The summed E-state index contributed by atoms with van der Waals surface area (Å²) in [5, 5.41) is 0. The van der Waals surface area contributed by atoms with Gasteiger partial charge in [0.15, 0.2) is 0 Å². The zero-order chi connectivity index (χ0) is 14.0. The van der Waals surface area contributed by atoms with E-state index in [0.29, 0.717) is 6.61 Å². The SMILES string of the molecule is Cc1cc(C)c(COc2ccc(F)cc2C)c(C)c1. The van der Waals surface area contributed by atoms with Crippen molar-refractivity contribution in [3.05, 3.63) is 64.0 Å². The molecule has 2 heteroatoms. The Kier molecular flexibility index (Phi) is 3.89. The highest BCUT2D eigenvalue weighted by molar-refractivity contribution is 5.38. The van der Waals surface area contributed by atoms with Crippen LogP contribution in [0.4, 0.5) is 4.39 Å². The summed E-state index contributed by atoms with van der Waals surface area (Å²) in [7, 11) is 0. The molecule has 0 saturated carbocycles. The van der Waals surface area contributed by atoms with Gasteiger partial charge < -0.3 is 4.74 Å². The first-order valence-corrected chi connectivity index (χ1v) is 6.43. The second kappa shape index (κ2) is 5.43. The molecule has 0 saturated heterocycles. The van der Waals surface area contributed by atoms with Crippen molar-refractivity contribution < 1.29 is 9.13 Å². The number of aryl methyl sites for hydroxylation is 4. The Morgan fingerprint density at radius 3 is 2.11 bits per heavy atom. The van der Waals surface area contributed by atoms with Gasteiger partial charge in [-0.2, -0.15) is 0 Å². The quantitative estimate of drug-likeness (QED) is 0.779. The van der Waals surface area contributed by atoms with Crippen molar-refractivity contribution in [1.29, 1.82) is 0 Å².